The summed E-state index contributed by atoms with van der Waals surface area (Å²) < 4.78 is 2.01. The zero-order chi connectivity index (χ0) is 15.9. The molecular weight excluding hydrogens is 298 g/mol. The first-order valence-corrected chi connectivity index (χ1v) is 8.07. The van der Waals surface area contributed by atoms with Crippen molar-refractivity contribution < 1.29 is 0 Å². The van der Waals surface area contributed by atoms with Gasteiger partial charge in [0.2, 0.25) is 0 Å². The second kappa shape index (κ2) is 7.81. The molecule has 1 aromatic carbocycles. The summed E-state index contributed by atoms with van der Waals surface area (Å²) in [5, 5.41) is 13.0. The van der Waals surface area contributed by atoms with Gasteiger partial charge in [-0.1, -0.05) is 49.4 Å². The van der Waals surface area contributed by atoms with Gasteiger partial charge in [-0.3, -0.25) is 0 Å². The SMILES string of the molecule is CCCCSc1nnc(-c2ccc(/C(=N/N)NN)cc2)n1C. The molecule has 0 radical (unpaired) electrons. The summed E-state index contributed by atoms with van der Waals surface area (Å²) in [6, 6.07) is 7.67. The molecule has 1 aromatic heterocycles. The molecule has 0 saturated carbocycles. The fraction of sp³-hybridized carbons (Fsp3) is 0.357. The molecule has 0 aliphatic rings. The van der Waals surface area contributed by atoms with Crippen LogP contribution in [0.15, 0.2) is 34.5 Å². The molecule has 0 saturated heterocycles. The highest BCUT2D eigenvalue weighted by Crippen LogP contribution is 2.23. The number of nitrogens with zero attached hydrogens (tertiary/aromatic N) is 4. The summed E-state index contributed by atoms with van der Waals surface area (Å²) in [6.45, 7) is 2.18. The normalized spacial score (nSPS) is 11.7. The van der Waals surface area contributed by atoms with Crippen molar-refractivity contribution in [3.8, 4) is 11.4 Å². The molecule has 0 aliphatic heterocycles. The Labute approximate surface area is 134 Å². The molecule has 0 spiro atoms. The van der Waals surface area contributed by atoms with Gasteiger partial charge in [-0.2, -0.15) is 5.10 Å². The van der Waals surface area contributed by atoms with E-state index in [4.69, 9.17) is 11.7 Å². The maximum absolute atomic E-state index is 5.36. The monoisotopic (exact) mass is 319 g/mol. The molecule has 0 amide bonds. The zero-order valence-corrected chi connectivity index (χ0v) is 13.6. The van der Waals surface area contributed by atoms with Crippen molar-refractivity contribution in [2.24, 2.45) is 23.8 Å². The number of benzene rings is 1. The Morgan fingerprint density at radius 2 is 2.05 bits per heavy atom. The first-order chi connectivity index (χ1) is 10.7. The molecule has 0 fully saturated rings. The number of hydrogen-bond acceptors (Lipinski definition) is 6. The molecule has 7 nitrogen and oxygen atoms in total. The van der Waals surface area contributed by atoms with E-state index in [1.165, 1.54) is 12.8 Å². The molecule has 0 bridgehead atoms. The predicted molar refractivity (Wildman–Crippen MR) is 90.1 cm³/mol. The van der Waals surface area contributed by atoms with E-state index in [9.17, 15) is 0 Å². The third-order valence-electron chi connectivity index (χ3n) is 3.25. The van der Waals surface area contributed by atoms with Crippen LogP contribution in [0.3, 0.4) is 0 Å². The summed E-state index contributed by atoms with van der Waals surface area (Å²) in [6.07, 6.45) is 2.36. The van der Waals surface area contributed by atoms with E-state index < -0.39 is 0 Å². The van der Waals surface area contributed by atoms with Gasteiger partial charge in [0.15, 0.2) is 16.8 Å². The number of unbranched alkanes of at least 4 members (excludes halogenated alkanes) is 1. The minimum absolute atomic E-state index is 0.431. The van der Waals surface area contributed by atoms with E-state index in [2.05, 4.69) is 27.6 Å². The Balaban J connectivity index is 2.18. The summed E-state index contributed by atoms with van der Waals surface area (Å²) >= 11 is 1.73. The molecule has 22 heavy (non-hydrogen) atoms. The van der Waals surface area contributed by atoms with Crippen molar-refractivity contribution >= 4 is 17.6 Å². The highest BCUT2D eigenvalue weighted by molar-refractivity contribution is 7.99. The van der Waals surface area contributed by atoms with E-state index in [-0.39, 0.29) is 0 Å². The predicted octanol–water partition coefficient (Wildman–Crippen LogP) is 1.46. The summed E-state index contributed by atoms with van der Waals surface area (Å²) in [7, 11) is 1.98. The minimum Gasteiger partial charge on any atom is -0.321 e. The Morgan fingerprint density at radius 1 is 1.32 bits per heavy atom. The highest BCUT2D eigenvalue weighted by atomic mass is 32.2. The lowest BCUT2D eigenvalue weighted by molar-refractivity contribution is 0.790. The molecule has 118 valence electrons. The Kier molecular flexibility index (Phi) is 5.79. The molecule has 8 heteroatoms. The third-order valence-corrected chi connectivity index (χ3v) is 4.35. The number of amidine groups is 1. The summed E-state index contributed by atoms with van der Waals surface area (Å²) in [5.74, 6) is 12.9. The summed E-state index contributed by atoms with van der Waals surface area (Å²) in [5.41, 5.74) is 4.25. The van der Waals surface area contributed by atoms with Gasteiger partial charge in [-0.05, 0) is 6.42 Å². The van der Waals surface area contributed by atoms with Gasteiger partial charge in [-0.15, -0.1) is 10.2 Å². The molecule has 1 heterocycles. The highest BCUT2D eigenvalue weighted by Gasteiger charge is 2.11. The molecule has 5 N–H and O–H groups in total. The van der Waals surface area contributed by atoms with Crippen molar-refractivity contribution in [1.82, 2.24) is 20.2 Å². The lowest BCUT2D eigenvalue weighted by Crippen LogP contribution is -2.31. The van der Waals surface area contributed by atoms with Crippen LogP contribution >= 0.6 is 11.8 Å². The van der Waals surface area contributed by atoms with Crippen LogP contribution in [0.2, 0.25) is 0 Å². The van der Waals surface area contributed by atoms with Gasteiger partial charge in [0.05, 0.1) is 0 Å². The average Bonchev–Trinajstić information content (AvgIpc) is 2.91. The van der Waals surface area contributed by atoms with E-state index >= 15 is 0 Å². The fourth-order valence-corrected chi connectivity index (χ4v) is 2.97. The van der Waals surface area contributed by atoms with Crippen LogP contribution in [-0.4, -0.2) is 26.4 Å². The van der Waals surface area contributed by atoms with E-state index in [1.54, 1.807) is 11.8 Å². The minimum atomic E-state index is 0.431. The van der Waals surface area contributed by atoms with Crippen molar-refractivity contribution in [2.75, 3.05) is 5.75 Å². The van der Waals surface area contributed by atoms with E-state index in [1.807, 2.05) is 35.9 Å². The largest absolute Gasteiger partial charge is 0.321 e. The maximum Gasteiger partial charge on any atom is 0.191 e. The Hall–Kier alpha value is -2.06. The molecule has 2 rings (SSSR count). The van der Waals surface area contributed by atoms with Crippen LogP contribution in [0.4, 0.5) is 0 Å². The fourth-order valence-electron chi connectivity index (χ4n) is 1.97. The number of thioether (sulfide) groups is 1. The van der Waals surface area contributed by atoms with Crippen molar-refractivity contribution in [2.45, 2.75) is 24.9 Å². The molecule has 0 unspecified atom stereocenters. The second-order valence-corrected chi connectivity index (χ2v) is 5.83. The van der Waals surface area contributed by atoms with E-state index in [0.29, 0.717) is 5.84 Å². The molecular formula is C14H21N7S. The van der Waals surface area contributed by atoms with Crippen molar-refractivity contribution in [3.63, 3.8) is 0 Å². The van der Waals surface area contributed by atoms with E-state index in [0.717, 1.165) is 27.9 Å². The molecule has 2 aromatic rings. The third kappa shape index (κ3) is 3.58. The number of hydrazone groups is 1. The number of aromatic nitrogens is 3. The van der Waals surface area contributed by atoms with Gasteiger partial charge >= 0.3 is 0 Å². The zero-order valence-electron chi connectivity index (χ0n) is 12.8. The van der Waals surface area contributed by atoms with Crippen LogP contribution in [0.1, 0.15) is 25.3 Å². The topological polar surface area (TPSA) is 107 Å². The quantitative estimate of drug-likeness (QED) is 0.186. The molecule has 0 atom stereocenters. The smallest absolute Gasteiger partial charge is 0.191 e. The van der Waals surface area contributed by atoms with Crippen LogP contribution in [-0.2, 0) is 7.05 Å². The van der Waals surface area contributed by atoms with Gasteiger partial charge < -0.3 is 15.8 Å². The number of hydrazine groups is 1. The van der Waals surface area contributed by atoms with Crippen molar-refractivity contribution in [3.05, 3.63) is 29.8 Å². The number of rotatable bonds is 6. The number of hydrogen-bond donors (Lipinski definition) is 3. The average molecular weight is 319 g/mol. The first kappa shape index (κ1) is 16.3. The standard InChI is InChI=1S/C14H21N7S/c1-3-4-9-22-14-20-19-13(21(14)2)11-7-5-10(6-8-11)12(17-15)18-16/h5-8H,3-4,9,15-16H2,1-2H3,(H,17,18). The van der Waals surface area contributed by atoms with Crippen LogP contribution < -0.4 is 17.1 Å². The Morgan fingerprint density at radius 3 is 2.64 bits per heavy atom. The number of nitrogens with one attached hydrogen (secondary N) is 1. The molecule has 0 aliphatic carbocycles. The van der Waals surface area contributed by atoms with Crippen LogP contribution in [0.25, 0.3) is 11.4 Å². The maximum atomic E-state index is 5.36. The number of nitrogens with two attached hydrogens (primary N) is 2. The lowest BCUT2D eigenvalue weighted by atomic mass is 10.1. The van der Waals surface area contributed by atoms with Crippen molar-refractivity contribution in [1.29, 1.82) is 0 Å². The summed E-state index contributed by atoms with van der Waals surface area (Å²) in [4.78, 5) is 0. The van der Waals surface area contributed by atoms with Gasteiger partial charge in [0.1, 0.15) is 0 Å². The lowest BCUT2D eigenvalue weighted by Gasteiger charge is -2.06. The Bertz CT molecular complexity index is 633. The van der Waals surface area contributed by atoms with Crippen LogP contribution in [0, 0.1) is 0 Å². The van der Waals surface area contributed by atoms with Gasteiger partial charge in [-0.25, -0.2) is 5.84 Å². The van der Waals surface area contributed by atoms with Gasteiger partial charge in [0.25, 0.3) is 0 Å². The van der Waals surface area contributed by atoms with Crippen LogP contribution in [0.5, 0.6) is 0 Å². The first-order valence-electron chi connectivity index (χ1n) is 7.08. The van der Waals surface area contributed by atoms with Gasteiger partial charge in [0, 0.05) is 23.9 Å². The second-order valence-electron chi connectivity index (χ2n) is 4.77.